The molecule has 0 spiro atoms. The molecule has 0 amide bonds. The summed E-state index contributed by atoms with van der Waals surface area (Å²) in [7, 11) is 0. The third-order valence-electron chi connectivity index (χ3n) is 3.81. The summed E-state index contributed by atoms with van der Waals surface area (Å²) in [6, 6.07) is 0. The van der Waals surface area contributed by atoms with E-state index in [1.165, 1.54) is 12.8 Å². The van der Waals surface area contributed by atoms with Crippen LogP contribution in [0.5, 0.6) is 0 Å². The van der Waals surface area contributed by atoms with E-state index in [0.29, 0.717) is 23.7 Å². The Morgan fingerprint density at radius 2 is 1.06 bits per heavy atom. The molecule has 0 aromatic carbocycles. The molecule has 110 valence electrons. The molecule has 2 atom stereocenters. The van der Waals surface area contributed by atoms with Crippen molar-refractivity contribution >= 4 is 0 Å². The Morgan fingerprint density at radius 3 is 1.33 bits per heavy atom. The highest BCUT2D eigenvalue weighted by Gasteiger charge is 2.15. The van der Waals surface area contributed by atoms with Gasteiger partial charge >= 0.3 is 0 Å². The molecule has 2 heteroatoms. The molecule has 0 aromatic heterocycles. The van der Waals surface area contributed by atoms with Gasteiger partial charge in [-0.05, 0) is 17.8 Å². The topological polar surface area (TPSA) is 18.5 Å². The minimum absolute atomic E-state index is 0.526. The van der Waals surface area contributed by atoms with Crippen LogP contribution in [0.1, 0.15) is 54.4 Å². The molecule has 0 bridgehead atoms. The van der Waals surface area contributed by atoms with Gasteiger partial charge in [0, 0.05) is 19.1 Å². The zero-order valence-electron chi connectivity index (χ0n) is 13.4. The van der Waals surface area contributed by atoms with Crippen LogP contribution in [0.3, 0.4) is 0 Å². The predicted octanol–water partition coefficient (Wildman–Crippen LogP) is 4.38. The maximum Gasteiger partial charge on any atom is 0.0518 e. The van der Waals surface area contributed by atoms with E-state index in [0.717, 1.165) is 26.4 Å². The second kappa shape index (κ2) is 10.8. The summed E-state index contributed by atoms with van der Waals surface area (Å²) in [5.74, 6) is 2.48. The lowest BCUT2D eigenvalue weighted by molar-refractivity contribution is 0.00436. The quantitative estimate of drug-likeness (QED) is 0.547. The lowest BCUT2D eigenvalue weighted by Crippen LogP contribution is -2.24. The van der Waals surface area contributed by atoms with Crippen LogP contribution in [0.2, 0.25) is 0 Å². The zero-order chi connectivity index (χ0) is 14.0. The Balaban J connectivity index is 3.79. The lowest BCUT2D eigenvalue weighted by Gasteiger charge is -2.22. The molecular weight excluding hydrogens is 224 g/mol. The number of hydrogen-bond acceptors (Lipinski definition) is 2. The van der Waals surface area contributed by atoms with Crippen LogP contribution in [0.4, 0.5) is 0 Å². The van der Waals surface area contributed by atoms with Gasteiger partial charge in [0.25, 0.3) is 0 Å². The number of hydrogen-bond donors (Lipinski definition) is 0. The highest BCUT2D eigenvalue weighted by Crippen LogP contribution is 2.14. The van der Waals surface area contributed by atoms with Crippen LogP contribution in [0.25, 0.3) is 0 Å². The van der Waals surface area contributed by atoms with Gasteiger partial charge in [-0.25, -0.2) is 0 Å². The van der Waals surface area contributed by atoms with Gasteiger partial charge in [-0.15, -0.1) is 0 Å². The summed E-state index contributed by atoms with van der Waals surface area (Å²) < 4.78 is 11.6. The summed E-state index contributed by atoms with van der Waals surface area (Å²) in [6.07, 6.45) is 2.38. The lowest BCUT2D eigenvalue weighted by atomic mass is 9.97. The molecule has 0 heterocycles. The predicted molar refractivity (Wildman–Crippen MR) is 78.9 cm³/mol. The first-order valence-electron chi connectivity index (χ1n) is 7.66. The average molecular weight is 258 g/mol. The minimum atomic E-state index is 0.526. The minimum Gasteiger partial charge on any atom is -0.381 e. The van der Waals surface area contributed by atoms with E-state index in [1.807, 2.05) is 0 Å². The summed E-state index contributed by atoms with van der Waals surface area (Å²) in [6.45, 7) is 16.8. The first-order chi connectivity index (χ1) is 8.51. The number of rotatable bonds is 11. The van der Waals surface area contributed by atoms with E-state index in [4.69, 9.17) is 9.47 Å². The molecule has 0 aromatic rings. The van der Waals surface area contributed by atoms with Crippen LogP contribution >= 0.6 is 0 Å². The van der Waals surface area contributed by atoms with Gasteiger partial charge in [-0.2, -0.15) is 0 Å². The fourth-order valence-electron chi connectivity index (χ4n) is 1.51. The molecule has 0 N–H and O–H groups in total. The van der Waals surface area contributed by atoms with Crippen molar-refractivity contribution in [3.63, 3.8) is 0 Å². The normalized spacial score (nSPS) is 16.8. The van der Waals surface area contributed by atoms with Crippen LogP contribution in [-0.2, 0) is 9.47 Å². The molecule has 0 aliphatic rings. The molecule has 2 unspecified atom stereocenters. The fraction of sp³-hybridized carbons (Fsp3) is 1.00. The van der Waals surface area contributed by atoms with Crippen molar-refractivity contribution in [1.82, 2.24) is 0 Å². The van der Waals surface area contributed by atoms with Crippen molar-refractivity contribution < 1.29 is 9.47 Å². The van der Waals surface area contributed by atoms with E-state index in [9.17, 15) is 0 Å². The summed E-state index contributed by atoms with van der Waals surface area (Å²) >= 11 is 0. The summed E-state index contributed by atoms with van der Waals surface area (Å²) in [5, 5.41) is 0. The standard InChI is InChI=1S/C16H34O2/c1-7-14(5)9-17-11-16(13(3)4)12-18-10-15(6)8-2/h13-16H,7-12H2,1-6H3. The molecule has 0 fully saturated rings. The highest BCUT2D eigenvalue weighted by molar-refractivity contribution is 4.62. The molecule has 0 saturated carbocycles. The van der Waals surface area contributed by atoms with E-state index < -0.39 is 0 Å². The molecule has 0 rings (SSSR count). The third kappa shape index (κ3) is 8.93. The Hall–Kier alpha value is -0.0800. The first-order valence-corrected chi connectivity index (χ1v) is 7.66. The average Bonchev–Trinajstić information content (AvgIpc) is 2.35. The first kappa shape index (κ1) is 17.9. The molecular formula is C16H34O2. The van der Waals surface area contributed by atoms with Crippen molar-refractivity contribution in [2.75, 3.05) is 26.4 Å². The van der Waals surface area contributed by atoms with E-state index in [-0.39, 0.29) is 0 Å². The molecule has 0 aliphatic heterocycles. The second-order valence-corrected chi connectivity index (χ2v) is 6.11. The van der Waals surface area contributed by atoms with Gasteiger partial charge in [0.15, 0.2) is 0 Å². The van der Waals surface area contributed by atoms with Crippen LogP contribution in [-0.4, -0.2) is 26.4 Å². The van der Waals surface area contributed by atoms with E-state index in [2.05, 4.69) is 41.5 Å². The highest BCUT2D eigenvalue weighted by atomic mass is 16.5. The molecule has 18 heavy (non-hydrogen) atoms. The van der Waals surface area contributed by atoms with Gasteiger partial charge in [0.1, 0.15) is 0 Å². The Kier molecular flexibility index (Phi) is 10.8. The molecule has 0 saturated heterocycles. The maximum absolute atomic E-state index is 5.81. The monoisotopic (exact) mass is 258 g/mol. The van der Waals surface area contributed by atoms with Crippen LogP contribution in [0.15, 0.2) is 0 Å². The van der Waals surface area contributed by atoms with Gasteiger partial charge in [0.05, 0.1) is 13.2 Å². The largest absolute Gasteiger partial charge is 0.381 e. The van der Waals surface area contributed by atoms with Crippen molar-refractivity contribution in [2.24, 2.45) is 23.7 Å². The Labute approximate surface area is 114 Å². The SMILES string of the molecule is CCC(C)COCC(COCC(C)CC)C(C)C. The fourth-order valence-corrected chi connectivity index (χ4v) is 1.51. The Morgan fingerprint density at radius 1 is 0.667 bits per heavy atom. The number of ether oxygens (including phenoxy) is 2. The van der Waals surface area contributed by atoms with Crippen LogP contribution in [0, 0.1) is 23.7 Å². The van der Waals surface area contributed by atoms with Crippen LogP contribution < -0.4 is 0 Å². The van der Waals surface area contributed by atoms with Gasteiger partial charge in [0.2, 0.25) is 0 Å². The molecule has 0 aliphatic carbocycles. The smallest absolute Gasteiger partial charge is 0.0518 e. The van der Waals surface area contributed by atoms with Crippen molar-refractivity contribution in [1.29, 1.82) is 0 Å². The van der Waals surface area contributed by atoms with Gasteiger partial charge in [-0.3, -0.25) is 0 Å². The summed E-state index contributed by atoms with van der Waals surface area (Å²) in [4.78, 5) is 0. The summed E-state index contributed by atoms with van der Waals surface area (Å²) in [5.41, 5.74) is 0. The zero-order valence-corrected chi connectivity index (χ0v) is 13.4. The van der Waals surface area contributed by atoms with Crippen molar-refractivity contribution in [3.8, 4) is 0 Å². The van der Waals surface area contributed by atoms with Crippen molar-refractivity contribution in [3.05, 3.63) is 0 Å². The van der Waals surface area contributed by atoms with Gasteiger partial charge in [-0.1, -0.05) is 54.4 Å². The van der Waals surface area contributed by atoms with Crippen molar-refractivity contribution in [2.45, 2.75) is 54.4 Å². The molecule has 2 nitrogen and oxygen atoms in total. The van der Waals surface area contributed by atoms with E-state index in [1.54, 1.807) is 0 Å². The van der Waals surface area contributed by atoms with Gasteiger partial charge < -0.3 is 9.47 Å². The molecule has 0 radical (unpaired) electrons. The van der Waals surface area contributed by atoms with E-state index >= 15 is 0 Å². The second-order valence-electron chi connectivity index (χ2n) is 6.11. The maximum atomic E-state index is 5.81. The Bertz CT molecular complexity index is 164. The third-order valence-corrected chi connectivity index (χ3v) is 3.81.